The van der Waals surface area contributed by atoms with E-state index in [0.29, 0.717) is 22.2 Å². The van der Waals surface area contributed by atoms with Crippen molar-refractivity contribution in [1.29, 1.82) is 0 Å². The molecule has 8 heteroatoms. The number of carbonyl (C=O) groups excluding carboxylic acids is 1. The van der Waals surface area contributed by atoms with Crippen molar-refractivity contribution in [3.05, 3.63) is 28.8 Å². The van der Waals surface area contributed by atoms with Gasteiger partial charge in [0.2, 0.25) is 11.9 Å². The van der Waals surface area contributed by atoms with Gasteiger partial charge in [-0.1, -0.05) is 11.3 Å². The van der Waals surface area contributed by atoms with Gasteiger partial charge in [-0.3, -0.25) is 10.1 Å². The molecule has 1 aromatic carbocycles. The van der Waals surface area contributed by atoms with Crippen LogP contribution < -0.4 is 14.8 Å². The average Bonchev–Trinajstić information content (AvgIpc) is 3.12. The maximum Gasteiger partial charge on any atom is 0.257 e. The van der Waals surface area contributed by atoms with E-state index < -0.39 is 0 Å². The summed E-state index contributed by atoms with van der Waals surface area (Å²) in [5, 5.41) is 12.2. The van der Waals surface area contributed by atoms with Gasteiger partial charge in [-0.2, -0.15) is 0 Å². The Bertz CT molecular complexity index is 686. The molecule has 0 unspecified atom stereocenters. The summed E-state index contributed by atoms with van der Waals surface area (Å²) in [7, 11) is 4.01. The highest BCUT2D eigenvalue weighted by atomic mass is 32.1. The zero-order valence-electron chi connectivity index (χ0n) is 12.3. The minimum absolute atomic E-state index is 0.187. The van der Waals surface area contributed by atoms with Crippen molar-refractivity contribution in [3.8, 4) is 11.5 Å². The second-order valence-corrected chi connectivity index (χ2v) is 6.14. The summed E-state index contributed by atoms with van der Waals surface area (Å²) < 4.78 is 10.5. The van der Waals surface area contributed by atoms with E-state index in [-0.39, 0.29) is 12.7 Å². The van der Waals surface area contributed by atoms with E-state index in [1.807, 2.05) is 14.1 Å². The first-order valence-electron chi connectivity index (χ1n) is 6.80. The topological polar surface area (TPSA) is 76.6 Å². The van der Waals surface area contributed by atoms with Crippen molar-refractivity contribution >= 4 is 22.4 Å². The lowest BCUT2D eigenvalue weighted by Gasteiger charge is -2.05. The Labute approximate surface area is 131 Å². The minimum atomic E-state index is -0.242. The molecule has 0 saturated carbocycles. The summed E-state index contributed by atoms with van der Waals surface area (Å²) in [6, 6.07) is 5.07. The number of fused-ring (bicyclic) bond motifs is 1. The van der Waals surface area contributed by atoms with Gasteiger partial charge in [0.05, 0.1) is 0 Å². The standard InChI is InChI=1S/C14H16N4O3S/c1-18(2)6-5-12-16-17-14(22-12)15-13(19)9-3-4-10-11(7-9)21-8-20-10/h3-4,7H,5-6,8H2,1-2H3,(H,15,17,19). The van der Waals surface area contributed by atoms with Crippen LogP contribution in [0.15, 0.2) is 18.2 Å². The zero-order chi connectivity index (χ0) is 15.5. The number of anilines is 1. The maximum absolute atomic E-state index is 12.2. The van der Waals surface area contributed by atoms with E-state index >= 15 is 0 Å². The molecule has 1 N–H and O–H groups in total. The fourth-order valence-electron chi connectivity index (χ4n) is 1.93. The van der Waals surface area contributed by atoms with Gasteiger partial charge in [-0.05, 0) is 32.3 Å². The third-order valence-corrected chi connectivity index (χ3v) is 3.99. The summed E-state index contributed by atoms with van der Waals surface area (Å²) in [6.45, 7) is 1.08. The SMILES string of the molecule is CN(C)CCc1nnc(NC(=O)c2ccc3c(c2)OCO3)s1. The molecule has 0 saturated heterocycles. The van der Waals surface area contributed by atoms with Gasteiger partial charge in [-0.25, -0.2) is 0 Å². The number of likely N-dealkylation sites (N-methyl/N-ethyl adjacent to an activating group) is 1. The van der Waals surface area contributed by atoms with Crippen LogP contribution in [0.25, 0.3) is 0 Å². The van der Waals surface area contributed by atoms with Gasteiger partial charge in [0.25, 0.3) is 5.91 Å². The van der Waals surface area contributed by atoms with Crippen LogP contribution in [0.3, 0.4) is 0 Å². The first kappa shape index (κ1) is 14.7. The Hall–Kier alpha value is -2.19. The number of hydrogen-bond donors (Lipinski definition) is 1. The molecule has 22 heavy (non-hydrogen) atoms. The van der Waals surface area contributed by atoms with E-state index in [0.717, 1.165) is 18.0 Å². The van der Waals surface area contributed by atoms with Crippen LogP contribution in [0.5, 0.6) is 11.5 Å². The molecular formula is C14H16N4O3S. The molecular weight excluding hydrogens is 304 g/mol. The lowest BCUT2D eigenvalue weighted by Crippen LogP contribution is -2.14. The van der Waals surface area contributed by atoms with Gasteiger partial charge in [-0.15, -0.1) is 10.2 Å². The second kappa shape index (κ2) is 6.29. The predicted octanol–water partition coefficient (Wildman–Crippen LogP) is 1.62. The quantitative estimate of drug-likeness (QED) is 0.902. The Morgan fingerprint density at radius 3 is 2.95 bits per heavy atom. The van der Waals surface area contributed by atoms with Crippen molar-refractivity contribution in [3.63, 3.8) is 0 Å². The molecule has 0 radical (unpaired) electrons. The van der Waals surface area contributed by atoms with Crippen molar-refractivity contribution in [1.82, 2.24) is 15.1 Å². The third-order valence-electron chi connectivity index (χ3n) is 3.09. The summed E-state index contributed by atoms with van der Waals surface area (Å²) in [5.74, 6) is 0.989. The minimum Gasteiger partial charge on any atom is -0.454 e. The van der Waals surface area contributed by atoms with Crippen LogP contribution in [0, 0.1) is 0 Å². The van der Waals surface area contributed by atoms with E-state index in [1.165, 1.54) is 11.3 Å². The monoisotopic (exact) mass is 320 g/mol. The zero-order valence-corrected chi connectivity index (χ0v) is 13.1. The van der Waals surface area contributed by atoms with Crippen molar-refractivity contribution in [2.45, 2.75) is 6.42 Å². The third kappa shape index (κ3) is 3.34. The Morgan fingerprint density at radius 1 is 1.32 bits per heavy atom. The molecule has 1 aromatic heterocycles. The smallest absolute Gasteiger partial charge is 0.257 e. The first-order valence-corrected chi connectivity index (χ1v) is 7.61. The summed E-state index contributed by atoms with van der Waals surface area (Å²) in [5.41, 5.74) is 0.495. The normalized spacial score (nSPS) is 12.7. The van der Waals surface area contributed by atoms with Crippen LogP contribution in [-0.2, 0) is 6.42 Å². The van der Waals surface area contributed by atoms with E-state index in [2.05, 4.69) is 20.4 Å². The highest BCUT2D eigenvalue weighted by Crippen LogP contribution is 2.32. The van der Waals surface area contributed by atoms with Crippen LogP contribution in [0.2, 0.25) is 0 Å². The van der Waals surface area contributed by atoms with E-state index in [4.69, 9.17) is 9.47 Å². The van der Waals surface area contributed by atoms with Crippen LogP contribution in [0.1, 0.15) is 15.4 Å². The molecule has 2 heterocycles. The molecule has 3 rings (SSSR count). The van der Waals surface area contributed by atoms with Crippen molar-refractivity contribution in [2.75, 3.05) is 32.7 Å². The number of nitrogens with one attached hydrogen (secondary N) is 1. The number of nitrogens with zero attached hydrogens (tertiary/aromatic N) is 3. The Balaban J connectivity index is 1.64. The van der Waals surface area contributed by atoms with Crippen LogP contribution in [-0.4, -0.2) is 48.4 Å². The number of benzene rings is 1. The van der Waals surface area contributed by atoms with Gasteiger partial charge >= 0.3 is 0 Å². The number of rotatable bonds is 5. The summed E-state index contributed by atoms with van der Waals surface area (Å²) in [4.78, 5) is 14.3. The summed E-state index contributed by atoms with van der Waals surface area (Å²) in [6.07, 6.45) is 0.810. The second-order valence-electron chi connectivity index (χ2n) is 5.08. The molecule has 7 nitrogen and oxygen atoms in total. The molecule has 116 valence electrons. The molecule has 1 aliphatic rings. The molecule has 0 aliphatic carbocycles. The first-order chi connectivity index (χ1) is 10.6. The largest absolute Gasteiger partial charge is 0.454 e. The van der Waals surface area contributed by atoms with Crippen LogP contribution in [0.4, 0.5) is 5.13 Å². The maximum atomic E-state index is 12.2. The molecule has 2 aromatic rings. The van der Waals surface area contributed by atoms with Gasteiger partial charge in [0.15, 0.2) is 11.5 Å². The molecule has 0 atom stereocenters. The highest BCUT2D eigenvalue weighted by Gasteiger charge is 2.17. The fourth-order valence-corrected chi connectivity index (χ4v) is 2.66. The van der Waals surface area contributed by atoms with Crippen molar-refractivity contribution in [2.24, 2.45) is 0 Å². The lowest BCUT2D eigenvalue weighted by molar-refractivity contribution is 0.102. The van der Waals surface area contributed by atoms with E-state index in [9.17, 15) is 4.79 Å². The molecule has 1 aliphatic heterocycles. The predicted molar refractivity (Wildman–Crippen MR) is 82.7 cm³/mol. The van der Waals surface area contributed by atoms with Crippen molar-refractivity contribution < 1.29 is 14.3 Å². The van der Waals surface area contributed by atoms with E-state index in [1.54, 1.807) is 18.2 Å². The Kier molecular flexibility index (Phi) is 4.21. The molecule has 1 amide bonds. The summed E-state index contributed by atoms with van der Waals surface area (Å²) >= 11 is 1.39. The Morgan fingerprint density at radius 2 is 2.14 bits per heavy atom. The molecule has 0 bridgehead atoms. The van der Waals surface area contributed by atoms with Gasteiger partial charge < -0.3 is 14.4 Å². The van der Waals surface area contributed by atoms with Gasteiger partial charge in [0.1, 0.15) is 5.01 Å². The number of carbonyl (C=O) groups is 1. The number of aromatic nitrogens is 2. The lowest BCUT2D eigenvalue weighted by atomic mass is 10.2. The number of hydrogen-bond acceptors (Lipinski definition) is 7. The fraction of sp³-hybridized carbons (Fsp3) is 0.357. The van der Waals surface area contributed by atoms with Gasteiger partial charge in [0, 0.05) is 18.5 Å². The van der Waals surface area contributed by atoms with Crippen LogP contribution >= 0.6 is 11.3 Å². The molecule has 0 spiro atoms. The molecule has 0 fully saturated rings. The number of ether oxygens (including phenoxy) is 2. The number of amides is 1. The average molecular weight is 320 g/mol. The highest BCUT2D eigenvalue weighted by molar-refractivity contribution is 7.15.